The molecule has 0 saturated carbocycles. The molecule has 0 spiro atoms. The highest BCUT2D eigenvalue weighted by molar-refractivity contribution is 7.71. The Bertz CT molecular complexity index is 1050. The maximum Gasteiger partial charge on any atom is 0.264 e. The summed E-state index contributed by atoms with van der Waals surface area (Å²) in [7, 11) is 1.55. The van der Waals surface area contributed by atoms with Gasteiger partial charge in [-0.3, -0.25) is 19.3 Å². The molecular formula is C18H19N5O3S. The Hall–Kier alpha value is -3.20. The van der Waals surface area contributed by atoms with Crippen molar-refractivity contribution >= 4 is 18.4 Å². The predicted molar refractivity (Wildman–Crippen MR) is 105 cm³/mol. The van der Waals surface area contributed by atoms with Crippen LogP contribution in [0.4, 0.5) is 0 Å². The summed E-state index contributed by atoms with van der Waals surface area (Å²) < 4.78 is 8.60. The summed E-state index contributed by atoms with van der Waals surface area (Å²) in [5.74, 6) is 0.338. The van der Waals surface area contributed by atoms with Crippen LogP contribution >= 0.6 is 12.2 Å². The fourth-order valence-corrected chi connectivity index (χ4v) is 2.85. The molecule has 0 atom stereocenters. The van der Waals surface area contributed by atoms with Gasteiger partial charge in [-0.1, -0.05) is 6.07 Å². The van der Waals surface area contributed by atoms with Gasteiger partial charge in [0.2, 0.25) is 5.88 Å². The first kappa shape index (κ1) is 18.6. The molecule has 3 rings (SSSR count). The summed E-state index contributed by atoms with van der Waals surface area (Å²) in [6.07, 6.45) is 7.47. The molecule has 2 heterocycles. The third-order valence-electron chi connectivity index (χ3n) is 3.92. The van der Waals surface area contributed by atoms with Crippen LogP contribution in [0.2, 0.25) is 0 Å². The number of aromatic hydroxyl groups is 1. The minimum absolute atomic E-state index is 0.0500. The molecule has 8 nitrogen and oxygen atoms in total. The number of H-pyrrole nitrogens is 1. The number of aromatic amines is 1. The molecule has 9 heteroatoms. The van der Waals surface area contributed by atoms with Crippen molar-refractivity contribution in [3.05, 3.63) is 63.7 Å². The molecule has 0 unspecified atom stereocenters. The third kappa shape index (κ3) is 4.32. The Kier molecular flexibility index (Phi) is 5.82. The number of ether oxygens (including phenoxy) is 1. The van der Waals surface area contributed by atoms with E-state index in [1.165, 1.54) is 10.8 Å². The fraction of sp³-hybridized carbons (Fsp3) is 0.222. The molecule has 0 amide bonds. The van der Waals surface area contributed by atoms with Crippen LogP contribution in [0.1, 0.15) is 12.0 Å². The number of aromatic nitrogens is 4. The minimum Gasteiger partial charge on any atom is -0.497 e. The quantitative estimate of drug-likeness (QED) is 0.370. The smallest absolute Gasteiger partial charge is 0.264 e. The standard InChI is InChI=1S/C18H19N5O3S/c1-26-14-5-2-4-13(10-14)23-17(25)15(16(24)21-18(23)27)11-19-6-3-8-22-9-7-20-12-22/h2,4-5,7,9-12,25H,3,6,8H2,1H3,(H,21,24,27). The maximum atomic E-state index is 12.2. The Morgan fingerprint density at radius 1 is 1.44 bits per heavy atom. The number of aliphatic imine (C=N–C) groups is 1. The van der Waals surface area contributed by atoms with Crippen LogP contribution in [0.5, 0.6) is 11.6 Å². The van der Waals surface area contributed by atoms with E-state index < -0.39 is 5.56 Å². The lowest BCUT2D eigenvalue weighted by molar-refractivity contribution is 0.413. The second-order valence-corrected chi connectivity index (χ2v) is 6.11. The van der Waals surface area contributed by atoms with Gasteiger partial charge in [-0.2, -0.15) is 0 Å². The van der Waals surface area contributed by atoms with Crippen LogP contribution in [0.3, 0.4) is 0 Å². The molecule has 140 valence electrons. The van der Waals surface area contributed by atoms with Crippen LogP contribution in [0.25, 0.3) is 5.69 Å². The third-order valence-corrected chi connectivity index (χ3v) is 4.20. The van der Waals surface area contributed by atoms with Gasteiger partial charge in [0.05, 0.1) is 19.1 Å². The van der Waals surface area contributed by atoms with Gasteiger partial charge in [0, 0.05) is 37.8 Å². The minimum atomic E-state index is -0.491. The highest BCUT2D eigenvalue weighted by Crippen LogP contribution is 2.22. The summed E-state index contributed by atoms with van der Waals surface area (Å²) in [5.41, 5.74) is 0.131. The van der Waals surface area contributed by atoms with E-state index in [0.29, 0.717) is 18.0 Å². The summed E-state index contributed by atoms with van der Waals surface area (Å²) in [4.78, 5) is 23.0. The molecule has 0 saturated heterocycles. The molecule has 0 aliphatic heterocycles. The van der Waals surface area contributed by atoms with Crippen molar-refractivity contribution in [2.45, 2.75) is 13.0 Å². The number of nitrogens with zero attached hydrogens (tertiary/aromatic N) is 4. The van der Waals surface area contributed by atoms with Crippen molar-refractivity contribution in [1.29, 1.82) is 0 Å². The van der Waals surface area contributed by atoms with E-state index in [2.05, 4.69) is 15.0 Å². The molecule has 0 fully saturated rings. The van der Waals surface area contributed by atoms with Crippen molar-refractivity contribution in [2.75, 3.05) is 13.7 Å². The molecule has 0 radical (unpaired) electrons. The van der Waals surface area contributed by atoms with Crippen molar-refractivity contribution in [1.82, 2.24) is 19.1 Å². The van der Waals surface area contributed by atoms with E-state index in [1.807, 2.05) is 10.8 Å². The van der Waals surface area contributed by atoms with E-state index in [1.54, 1.807) is 43.9 Å². The largest absolute Gasteiger partial charge is 0.497 e. The number of benzene rings is 1. The van der Waals surface area contributed by atoms with Crippen molar-refractivity contribution < 1.29 is 9.84 Å². The van der Waals surface area contributed by atoms with Crippen LogP contribution in [-0.2, 0) is 6.54 Å². The van der Waals surface area contributed by atoms with E-state index in [4.69, 9.17) is 17.0 Å². The number of hydrogen-bond acceptors (Lipinski definition) is 6. The van der Waals surface area contributed by atoms with Crippen molar-refractivity contribution in [2.24, 2.45) is 4.99 Å². The van der Waals surface area contributed by atoms with E-state index >= 15 is 0 Å². The SMILES string of the molecule is COc1cccc(-n2c(O)c(C=NCCCn3ccnc3)c(=O)[nH]c2=S)c1. The lowest BCUT2D eigenvalue weighted by Gasteiger charge is -2.12. The maximum absolute atomic E-state index is 12.2. The van der Waals surface area contributed by atoms with E-state index in [-0.39, 0.29) is 16.2 Å². The summed E-state index contributed by atoms with van der Waals surface area (Å²) in [6, 6.07) is 7.01. The first-order valence-electron chi connectivity index (χ1n) is 8.28. The predicted octanol–water partition coefficient (Wildman–Crippen LogP) is 2.31. The Labute approximate surface area is 160 Å². The number of hydrogen-bond donors (Lipinski definition) is 2. The van der Waals surface area contributed by atoms with Gasteiger partial charge < -0.3 is 14.4 Å². The van der Waals surface area contributed by atoms with Crippen molar-refractivity contribution in [3.63, 3.8) is 0 Å². The molecule has 2 N–H and O–H groups in total. The van der Waals surface area contributed by atoms with Crippen LogP contribution < -0.4 is 10.3 Å². The van der Waals surface area contributed by atoms with Gasteiger partial charge in [-0.25, -0.2) is 4.98 Å². The highest BCUT2D eigenvalue weighted by Gasteiger charge is 2.12. The molecule has 2 aromatic heterocycles. The van der Waals surface area contributed by atoms with Gasteiger partial charge >= 0.3 is 0 Å². The summed E-state index contributed by atoms with van der Waals surface area (Å²) in [5, 5.41) is 10.6. The molecule has 0 aliphatic rings. The molecule has 0 aliphatic carbocycles. The number of aryl methyl sites for hydroxylation is 1. The Morgan fingerprint density at radius 2 is 2.30 bits per heavy atom. The summed E-state index contributed by atoms with van der Waals surface area (Å²) >= 11 is 5.20. The zero-order valence-corrected chi connectivity index (χ0v) is 15.5. The zero-order chi connectivity index (χ0) is 19.2. The second-order valence-electron chi connectivity index (χ2n) is 5.72. The number of rotatable bonds is 7. The monoisotopic (exact) mass is 385 g/mol. The lowest BCUT2D eigenvalue weighted by Crippen LogP contribution is -2.18. The zero-order valence-electron chi connectivity index (χ0n) is 14.7. The number of methoxy groups -OCH3 is 1. The average molecular weight is 385 g/mol. The van der Waals surface area contributed by atoms with Gasteiger partial charge in [-0.15, -0.1) is 0 Å². The number of nitrogens with one attached hydrogen (secondary N) is 1. The molecule has 1 aromatic carbocycles. The molecule has 3 aromatic rings. The Balaban J connectivity index is 1.84. The van der Waals surface area contributed by atoms with Crippen LogP contribution in [-0.4, -0.2) is 44.1 Å². The summed E-state index contributed by atoms with van der Waals surface area (Å²) in [6.45, 7) is 1.28. The van der Waals surface area contributed by atoms with Gasteiger partial charge in [-0.05, 0) is 30.8 Å². The second kappa shape index (κ2) is 8.45. The normalized spacial score (nSPS) is 11.1. The topological polar surface area (TPSA) is 97.4 Å². The first-order chi connectivity index (χ1) is 13.1. The average Bonchev–Trinajstić information content (AvgIpc) is 3.17. The molecule has 27 heavy (non-hydrogen) atoms. The lowest BCUT2D eigenvalue weighted by atomic mass is 10.2. The van der Waals surface area contributed by atoms with E-state index in [0.717, 1.165) is 13.0 Å². The van der Waals surface area contributed by atoms with Gasteiger partial charge in [0.1, 0.15) is 11.3 Å². The first-order valence-corrected chi connectivity index (χ1v) is 8.69. The molecular weight excluding hydrogens is 366 g/mol. The number of imidazole rings is 1. The fourth-order valence-electron chi connectivity index (χ4n) is 2.56. The van der Waals surface area contributed by atoms with Crippen LogP contribution in [0.15, 0.2) is 52.8 Å². The highest BCUT2D eigenvalue weighted by atomic mass is 32.1. The van der Waals surface area contributed by atoms with Gasteiger partial charge in [0.25, 0.3) is 5.56 Å². The Morgan fingerprint density at radius 3 is 3.04 bits per heavy atom. The van der Waals surface area contributed by atoms with Gasteiger partial charge in [0.15, 0.2) is 4.77 Å². The van der Waals surface area contributed by atoms with Crippen molar-refractivity contribution in [3.8, 4) is 17.3 Å². The van der Waals surface area contributed by atoms with E-state index in [9.17, 15) is 9.90 Å². The van der Waals surface area contributed by atoms with Crippen LogP contribution in [0, 0.1) is 4.77 Å². The molecule has 0 bridgehead atoms.